The Morgan fingerprint density at radius 1 is 1.28 bits per heavy atom. The van der Waals surface area contributed by atoms with Crippen molar-refractivity contribution in [2.45, 2.75) is 38.6 Å². The lowest BCUT2D eigenvalue weighted by Crippen LogP contribution is -2.61. The number of anilines is 1. The molecule has 2 amide bonds. The van der Waals surface area contributed by atoms with Crippen molar-refractivity contribution >= 4 is 29.1 Å². The van der Waals surface area contributed by atoms with Gasteiger partial charge in [0.25, 0.3) is 0 Å². The maximum Gasteiger partial charge on any atom is 0.223 e. The molecule has 1 N–H and O–H groups in total. The average Bonchev–Trinajstić information content (AvgIpc) is 2.56. The van der Waals surface area contributed by atoms with E-state index < -0.39 is 0 Å². The van der Waals surface area contributed by atoms with Crippen molar-refractivity contribution in [2.24, 2.45) is 5.92 Å². The van der Waals surface area contributed by atoms with Crippen LogP contribution in [0.3, 0.4) is 0 Å². The van der Waals surface area contributed by atoms with Crippen molar-refractivity contribution in [1.82, 2.24) is 10.2 Å². The van der Waals surface area contributed by atoms with E-state index in [0.717, 1.165) is 30.2 Å². The van der Waals surface area contributed by atoms with Gasteiger partial charge in [0.05, 0.1) is 5.54 Å². The maximum atomic E-state index is 12.8. The van der Waals surface area contributed by atoms with Gasteiger partial charge < -0.3 is 15.1 Å². The Bertz CT molecular complexity index is 635. The molecule has 3 rings (SSSR count). The minimum atomic E-state index is -0.229. The Labute approximate surface area is 154 Å². The number of piperazine rings is 1. The van der Waals surface area contributed by atoms with Gasteiger partial charge in [-0.3, -0.25) is 9.59 Å². The largest absolute Gasteiger partial charge is 0.367 e. The van der Waals surface area contributed by atoms with Crippen molar-refractivity contribution in [1.29, 1.82) is 0 Å². The first kappa shape index (κ1) is 18.1. The van der Waals surface area contributed by atoms with Gasteiger partial charge in [0.2, 0.25) is 11.8 Å². The maximum absolute atomic E-state index is 12.8. The molecule has 0 bridgehead atoms. The molecule has 1 atom stereocenters. The Morgan fingerprint density at radius 3 is 2.60 bits per heavy atom. The fourth-order valence-corrected chi connectivity index (χ4v) is 3.93. The summed E-state index contributed by atoms with van der Waals surface area (Å²) in [6.07, 6.45) is 1.86. The zero-order valence-corrected chi connectivity index (χ0v) is 15.7. The zero-order chi connectivity index (χ0) is 18.0. The molecule has 2 aliphatic rings. The second-order valence-corrected chi connectivity index (χ2v) is 8.11. The van der Waals surface area contributed by atoms with Crippen LogP contribution in [0.15, 0.2) is 24.3 Å². The van der Waals surface area contributed by atoms with E-state index >= 15 is 0 Å². The lowest BCUT2D eigenvalue weighted by atomic mass is 9.92. The van der Waals surface area contributed by atoms with Crippen LogP contribution < -0.4 is 10.2 Å². The molecule has 0 aliphatic carbocycles. The summed E-state index contributed by atoms with van der Waals surface area (Å²) in [5, 5.41) is 3.60. The molecule has 2 heterocycles. The van der Waals surface area contributed by atoms with Gasteiger partial charge in [-0.2, -0.15) is 0 Å². The average molecular weight is 364 g/mol. The predicted octanol–water partition coefficient (Wildman–Crippen LogP) is 2.68. The van der Waals surface area contributed by atoms with Gasteiger partial charge in [0.15, 0.2) is 0 Å². The quantitative estimate of drug-likeness (QED) is 0.898. The van der Waals surface area contributed by atoms with Crippen LogP contribution in [0.1, 0.15) is 33.1 Å². The van der Waals surface area contributed by atoms with Gasteiger partial charge in [-0.1, -0.05) is 11.6 Å². The third-order valence-corrected chi connectivity index (χ3v) is 5.48. The SMILES string of the molecule is CC1(C)CN(c2ccc(Cl)cc2)CCN1C(=O)CC1CCC(=O)NC1. The van der Waals surface area contributed by atoms with E-state index in [9.17, 15) is 9.59 Å². The Kier molecular flexibility index (Phi) is 5.23. The van der Waals surface area contributed by atoms with Gasteiger partial charge >= 0.3 is 0 Å². The molecular formula is C19H26ClN3O2. The lowest BCUT2D eigenvalue weighted by Gasteiger charge is -2.48. The molecule has 0 radical (unpaired) electrons. The van der Waals surface area contributed by atoms with Crippen molar-refractivity contribution in [3.8, 4) is 0 Å². The Hall–Kier alpha value is -1.75. The molecule has 0 spiro atoms. The van der Waals surface area contributed by atoms with Gasteiger partial charge in [0.1, 0.15) is 0 Å². The molecule has 1 aromatic carbocycles. The molecule has 25 heavy (non-hydrogen) atoms. The van der Waals surface area contributed by atoms with Gasteiger partial charge in [-0.15, -0.1) is 0 Å². The van der Waals surface area contributed by atoms with E-state index in [4.69, 9.17) is 11.6 Å². The highest BCUT2D eigenvalue weighted by Gasteiger charge is 2.37. The summed E-state index contributed by atoms with van der Waals surface area (Å²) in [6, 6.07) is 7.86. The van der Waals surface area contributed by atoms with Crippen LogP contribution in [-0.2, 0) is 9.59 Å². The number of benzene rings is 1. The summed E-state index contributed by atoms with van der Waals surface area (Å²) < 4.78 is 0. The molecule has 0 aromatic heterocycles. The second kappa shape index (κ2) is 7.24. The van der Waals surface area contributed by atoms with Crippen LogP contribution in [0.2, 0.25) is 5.02 Å². The minimum Gasteiger partial charge on any atom is -0.367 e. The molecule has 2 fully saturated rings. The number of carbonyl (C=O) groups excluding carboxylic acids is 2. The first-order valence-electron chi connectivity index (χ1n) is 8.93. The highest BCUT2D eigenvalue weighted by Crippen LogP contribution is 2.28. The number of hydrogen-bond donors (Lipinski definition) is 1. The van der Waals surface area contributed by atoms with Crippen molar-refractivity contribution < 1.29 is 9.59 Å². The first-order chi connectivity index (χ1) is 11.8. The summed E-state index contributed by atoms with van der Waals surface area (Å²) in [5.41, 5.74) is 0.909. The molecule has 1 unspecified atom stereocenters. The Balaban J connectivity index is 1.61. The van der Waals surface area contributed by atoms with E-state index in [-0.39, 0.29) is 23.3 Å². The zero-order valence-electron chi connectivity index (χ0n) is 14.9. The normalized spacial score (nSPS) is 23.3. The highest BCUT2D eigenvalue weighted by atomic mass is 35.5. The summed E-state index contributed by atoms with van der Waals surface area (Å²) >= 11 is 5.98. The fourth-order valence-electron chi connectivity index (χ4n) is 3.80. The summed E-state index contributed by atoms with van der Waals surface area (Å²) in [5.74, 6) is 0.554. The van der Waals surface area contributed by atoms with Crippen molar-refractivity contribution in [3.05, 3.63) is 29.3 Å². The first-order valence-corrected chi connectivity index (χ1v) is 9.31. The summed E-state index contributed by atoms with van der Waals surface area (Å²) in [7, 11) is 0. The van der Waals surface area contributed by atoms with E-state index in [2.05, 4.69) is 24.1 Å². The van der Waals surface area contributed by atoms with Gasteiger partial charge in [0, 0.05) is 49.7 Å². The topological polar surface area (TPSA) is 52.7 Å². The molecule has 2 aliphatic heterocycles. The predicted molar refractivity (Wildman–Crippen MR) is 99.8 cm³/mol. The number of piperidine rings is 1. The van der Waals surface area contributed by atoms with Crippen LogP contribution >= 0.6 is 11.6 Å². The number of rotatable bonds is 3. The highest BCUT2D eigenvalue weighted by molar-refractivity contribution is 6.30. The van der Waals surface area contributed by atoms with E-state index in [1.807, 2.05) is 29.2 Å². The molecule has 5 nitrogen and oxygen atoms in total. The summed E-state index contributed by atoms with van der Waals surface area (Å²) in [6.45, 7) is 7.19. The third-order valence-electron chi connectivity index (χ3n) is 5.23. The van der Waals surface area contributed by atoms with E-state index in [1.54, 1.807) is 0 Å². The number of hydrogen-bond acceptors (Lipinski definition) is 3. The van der Waals surface area contributed by atoms with Crippen molar-refractivity contribution in [2.75, 3.05) is 31.1 Å². The fraction of sp³-hybridized carbons (Fsp3) is 0.579. The molecule has 2 saturated heterocycles. The number of carbonyl (C=O) groups is 2. The second-order valence-electron chi connectivity index (χ2n) is 7.67. The standard InChI is InChI=1S/C19H26ClN3O2/c1-19(2)13-22(16-6-4-15(20)5-7-16)9-10-23(19)18(25)11-14-3-8-17(24)21-12-14/h4-7,14H,3,8-13H2,1-2H3,(H,21,24). The smallest absolute Gasteiger partial charge is 0.223 e. The van der Waals surface area contributed by atoms with Gasteiger partial charge in [-0.05, 0) is 50.5 Å². The van der Waals surface area contributed by atoms with Gasteiger partial charge in [-0.25, -0.2) is 0 Å². The van der Waals surface area contributed by atoms with Crippen LogP contribution in [0.4, 0.5) is 5.69 Å². The van der Waals surface area contributed by atoms with Crippen LogP contribution in [-0.4, -0.2) is 48.4 Å². The third kappa shape index (κ3) is 4.27. The van der Waals surface area contributed by atoms with Crippen LogP contribution in [0.25, 0.3) is 0 Å². The molecule has 6 heteroatoms. The van der Waals surface area contributed by atoms with E-state index in [1.165, 1.54) is 0 Å². The molecule has 0 saturated carbocycles. The number of halogens is 1. The van der Waals surface area contributed by atoms with Crippen molar-refractivity contribution in [3.63, 3.8) is 0 Å². The number of amides is 2. The molecule has 1 aromatic rings. The van der Waals surface area contributed by atoms with Crippen LogP contribution in [0, 0.1) is 5.92 Å². The molecule has 136 valence electrons. The van der Waals surface area contributed by atoms with Crippen LogP contribution in [0.5, 0.6) is 0 Å². The van der Waals surface area contributed by atoms with E-state index in [0.29, 0.717) is 25.9 Å². The molecular weight excluding hydrogens is 338 g/mol. The lowest BCUT2D eigenvalue weighted by molar-refractivity contribution is -0.139. The monoisotopic (exact) mass is 363 g/mol. The summed E-state index contributed by atoms with van der Waals surface area (Å²) in [4.78, 5) is 28.4. The minimum absolute atomic E-state index is 0.0978. The number of nitrogens with zero attached hydrogens (tertiary/aromatic N) is 2. The Morgan fingerprint density at radius 2 is 2.00 bits per heavy atom. The number of nitrogens with one attached hydrogen (secondary N) is 1.